The number of likely N-dealkylation sites (tertiary alicyclic amines) is 1. The van der Waals surface area contributed by atoms with E-state index in [-0.39, 0.29) is 23.4 Å². The highest BCUT2D eigenvalue weighted by Crippen LogP contribution is 2.38. The lowest BCUT2D eigenvalue weighted by atomic mass is 9.94. The monoisotopic (exact) mass is 420 g/mol. The third-order valence-electron chi connectivity index (χ3n) is 6.16. The smallest absolute Gasteiger partial charge is 0.369 e. The SMILES string of the molecule is CC1CC(NC(=O)C2CCN(C)C2)CN(c2ccc(C(F)(F)F)c3ncccc23)C1. The first kappa shape index (κ1) is 20.9. The Balaban J connectivity index is 1.58. The number of aromatic nitrogens is 1. The topological polar surface area (TPSA) is 48.5 Å². The highest BCUT2D eigenvalue weighted by molar-refractivity contribution is 5.94. The molecule has 2 aromatic rings. The maximum atomic E-state index is 13.4. The molecule has 8 heteroatoms. The molecular formula is C22H27F3N4O. The van der Waals surface area contributed by atoms with Gasteiger partial charge >= 0.3 is 6.18 Å². The molecule has 0 bridgehead atoms. The summed E-state index contributed by atoms with van der Waals surface area (Å²) >= 11 is 0. The molecule has 30 heavy (non-hydrogen) atoms. The summed E-state index contributed by atoms with van der Waals surface area (Å²) < 4.78 is 40.3. The van der Waals surface area contributed by atoms with E-state index >= 15 is 0 Å². The van der Waals surface area contributed by atoms with Crippen molar-refractivity contribution in [1.82, 2.24) is 15.2 Å². The number of piperidine rings is 1. The van der Waals surface area contributed by atoms with Gasteiger partial charge in [-0.25, -0.2) is 0 Å². The first-order valence-corrected chi connectivity index (χ1v) is 10.4. The van der Waals surface area contributed by atoms with Gasteiger partial charge in [0.1, 0.15) is 0 Å². The van der Waals surface area contributed by atoms with Crippen molar-refractivity contribution >= 4 is 22.5 Å². The number of pyridine rings is 1. The van der Waals surface area contributed by atoms with E-state index in [4.69, 9.17) is 0 Å². The normalized spacial score (nSPS) is 25.6. The summed E-state index contributed by atoms with van der Waals surface area (Å²) in [5.74, 6) is 0.401. The maximum absolute atomic E-state index is 13.4. The van der Waals surface area contributed by atoms with Crippen molar-refractivity contribution in [2.45, 2.75) is 32.0 Å². The second-order valence-electron chi connectivity index (χ2n) is 8.73. The molecule has 162 valence electrons. The number of carbonyl (C=O) groups is 1. The number of fused-ring (bicyclic) bond motifs is 1. The van der Waals surface area contributed by atoms with Crippen LogP contribution in [-0.2, 0) is 11.0 Å². The summed E-state index contributed by atoms with van der Waals surface area (Å²) in [7, 11) is 2.02. The molecule has 3 heterocycles. The van der Waals surface area contributed by atoms with Gasteiger partial charge in [0.15, 0.2) is 0 Å². The summed E-state index contributed by atoms with van der Waals surface area (Å²) in [6.45, 7) is 5.12. The number of carbonyl (C=O) groups excluding carboxylic acids is 1. The highest BCUT2D eigenvalue weighted by Gasteiger charge is 2.35. The van der Waals surface area contributed by atoms with Gasteiger partial charge in [0.2, 0.25) is 5.91 Å². The molecule has 2 saturated heterocycles. The van der Waals surface area contributed by atoms with Gasteiger partial charge in [-0.15, -0.1) is 0 Å². The summed E-state index contributed by atoms with van der Waals surface area (Å²) in [5.41, 5.74) is -0.0186. The highest BCUT2D eigenvalue weighted by atomic mass is 19.4. The predicted molar refractivity (Wildman–Crippen MR) is 110 cm³/mol. The van der Waals surface area contributed by atoms with E-state index in [1.807, 2.05) is 7.05 Å². The molecule has 0 spiro atoms. The molecule has 1 aromatic carbocycles. The number of anilines is 1. The van der Waals surface area contributed by atoms with Gasteiger partial charge in [-0.05, 0) is 56.6 Å². The van der Waals surface area contributed by atoms with Crippen LogP contribution in [0.3, 0.4) is 0 Å². The lowest BCUT2D eigenvalue weighted by Crippen LogP contribution is -2.51. The van der Waals surface area contributed by atoms with E-state index < -0.39 is 11.7 Å². The van der Waals surface area contributed by atoms with E-state index in [0.717, 1.165) is 44.2 Å². The van der Waals surface area contributed by atoms with Crippen LogP contribution in [-0.4, -0.2) is 55.1 Å². The second kappa shape index (κ2) is 8.06. The third kappa shape index (κ3) is 4.24. The fraction of sp³-hybridized carbons (Fsp3) is 0.545. The van der Waals surface area contributed by atoms with Crippen LogP contribution in [0.1, 0.15) is 25.3 Å². The van der Waals surface area contributed by atoms with Crippen LogP contribution in [0.2, 0.25) is 0 Å². The quantitative estimate of drug-likeness (QED) is 0.825. The zero-order chi connectivity index (χ0) is 21.5. The van der Waals surface area contributed by atoms with Gasteiger partial charge in [-0.2, -0.15) is 13.2 Å². The Morgan fingerprint density at radius 3 is 2.70 bits per heavy atom. The van der Waals surface area contributed by atoms with Crippen molar-refractivity contribution in [2.75, 3.05) is 38.1 Å². The Labute approximate surface area is 174 Å². The van der Waals surface area contributed by atoms with Crippen LogP contribution in [0.4, 0.5) is 18.9 Å². The molecule has 2 aliphatic rings. The van der Waals surface area contributed by atoms with Gasteiger partial charge in [-0.1, -0.05) is 6.92 Å². The lowest BCUT2D eigenvalue weighted by Gasteiger charge is -2.39. The lowest BCUT2D eigenvalue weighted by molar-refractivity contribution is -0.136. The summed E-state index contributed by atoms with van der Waals surface area (Å²) in [4.78, 5) is 21.0. The van der Waals surface area contributed by atoms with Gasteiger partial charge < -0.3 is 15.1 Å². The minimum Gasteiger partial charge on any atom is -0.369 e. The van der Waals surface area contributed by atoms with Crippen molar-refractivity contribution in [2.24, 2.45) is 11.8 Å². The van der Waals surface area contributed by atoms with Crippen molar-refractivity contribution in [1.29, 1.82) is 0 Å². The zero-order valence-electron chi connectivity index (χ0n) is 17.2. The number of benzene rings is 1. The minimum atomic E-state index is -4.45. The standard InChI is InChI=1S/C22H27F3N4O/c1-14-10-16(27-21(30)15-7-9-28(2)12-15)13-29(11-14)19-6-5-18(22(23,24)25)20-17(19)4-3-8-26-20/h3-6,8,14-16H,7,9-13H2,1-2H3,(H,27,30). The Bertz CT molecular complexity index is 932. The first-order valence-electron chi connectivity index (χ1n) is 10.4. The van der Waals surface area contributed by atoms with Crippen molar-refractivity contribution in [3.63, 3.8) is 0 Å². The maximum Gasteiger partial charge on any atom is 0.418 e. The number of halogens is 3. The molecule has 3 unspecified atom stereocenters. The van der Waals surface area contributed by atoms with Crippen LogP contribution in [0, 0.1) is 11.8 Å². The number of alkyl halides is 3. The molecule has 4 rings (SSSR count). The molecule has 2 aliphatic heterocycles. The van der Waals surface area contributed by atoms with E-state index in [1.165, 1.54) is 12.3 Å². The summed E-state index contributed by atoms with van der Waals surface area (Å²) in [5, 5.41) is 3.68. The van der Waals surface area contributed by atoms with Gasteiger partial charge in [0.05, 0.1) is 17.0 Å². The largest absolute Gasteiger partial charge is 0.418 e. The Morgan fingerprint density at radius 1 is 1.20 bits per heavy atom. The number of hydrogen-bond donors (Lipinski definition) is 1. The van der Waals surface area contributed by atoms with Gasteiger partial charge in [0.25, 0.3) is 0 Å². The number of rotatable bonds is 3. The van der Waals surface area contributed by atoms with Crippen molar-refractivity contribution in [3.05, 3.63) is 36.0 Å². The van der Waals surface area contributed by atoms with Crippen LogP contribution in [0.5, 0.6) is 0 Å². The summed E-state index contributed by atoms with van der Waals surface area (Å²) in [6, 6.07) is 5.98. The second-order valence-corrected chi connectivity index (χ2v) is 8.73. The van der Waals surface area contributed by atoms with E-state index in [1.54, 1.807) is 12.1 Å². The summed E-state index contributed by atoms with van der Waals surface area (Å²) in [6.07, 6.45) is -1.34. The first-order chi connectivity index (χ1) is 14.2. The Kier molecular flexibility index (Phi) is 5.61. The molecule has 1 N–H and O–H groups in total. The van der Waals surface area contributed by atoms with Gasteiger partial charge in [0, 0.05) is 42.9 Å². The Morgan fingerprint density at radius 2 is 2.00 bits per heavy atom. The fourth-order valence-corrected chi connectivity index (χ4v) is 4.78. The molecule has 2 fully saturated rings. The van der Waals surface area contributed by atoms with Crippen LogP contribution < -0.4 is 10.2 Å². The molecule has 1 aromatic heterocycles. The minimum absolute atomic E-state index is 0.0109. The van der Waals surface area contributed by atoms with E-state index in [2.05, 4.69) is 27.0 Å². The third-order valence-corrected chi connectivity index (χ3v) is 6.16. The van der Waals surface area contributed by atoms with Crippen LogP contribution >= 0.6 is 0 Å². The van der Waals surface area contributed by atoms with E-state index in [9.17, 15) is 18.0 Å². The van der Waals surface area contributed by atoms with Crippen LogP contribution in [0.15, 0.2) is 30.5 Å². The number of amides is 1. The molecule has 1 amide bonds. The Hall–Kier alpha value is -2.35. The molecular weight excluding hydrogens is 393 g/mol. The fourth-order valence-electron chi connectivity index (χ4n) is 4.78. The van der Waals surface area contributed by atoms with Crippen molar-refractivity contribution < 1.29 is 18.0 Å². The number of nitrogens with zero attached hydrogens (tertiary/aromatic N) is 3. The molecule has 3 atom stereocenters. The van der Waals surface area contributed by atoms with Crippen LogP contribution in [0.25, 0.3) is 10.9 Å². The average Bonchev–Trinajstić information content (AvgIpc) is 3.12. The number of hydrogen-bond acceptors (Lipinski definition) is 4. The average molecular weight is 420 g/mol. The molecule has 0 saturated carbocycles. The zero-order valence-corrected chi connectivity index (χ0v) is 17.2. The molecule has 5 nitrogen and oxygen atoms in total. The van der Waals surface area contributed by atoms with E-state index in [0.29, 0.717) is 17.8 Å². The molecule has 0 aliphatic carbocycles. The van der Waals surface area contributed by atoms with Crippen molar-refractivity contribution in [3.8, 4) is 0 Å². The number of nitrogens with one attached hydrogen (secondary N) is 1. The van der Waals surface area contributed by atoms with Gasteiger partial charge in [-0.3, -0.25) is 9.78 Å². The predicted octanol–water partition coefficient (Wildman–Crippen LogP) is 3.54. The molecule has 0 radical (unpaired) electrons.